The Labute approximate surface area is 117 Å². The lowest BCUT2D eigenvalue weighted by atomic mass is 9.94. The molecule has 0 spiro atoms. The molecule has 0 saturated carbocycles. The Kier molecular flexibility index (Phi) is 5.66. The average molecular weight is 315 g/mol. The van der Waals surface area contributed by atoms with Crippen LogP contribution in [0.4, 0.5) is 0 Å². The van der Waals surface area contributed by atoms with Crippen molar-refractivity contribution in [3.63, 3.8) is 0 Å². The van der Waals surface area contributed by atoms with Gasteiger partial charge in [0.2, 0.25) is 0 Å². The zero-order valence-corrected chi connectivity index (χ0v) is 12.8. The third kappa shape index (κ3) is 3.25. The van der Waals surface area contributed by atoms with Crippen molar-refractivity contribution in [2.75, 3.05) is 14.2 Å². The van der Waals surface area contributed by atoms with Gasteiger partial charge in [-0.2, -0.15) is 0 Å². The van der Waals surface area contributed by atoms with E-state index in [0.29, 0.717) is 21.5 Å². The molecular formula is C14H19BrO3. The molecule has 0 saturated heterocycles. The summed E-state index contributed by atoms with van der Waals surface area (Å²) in [6, 6.07) is 3.52. The summed E-state index contributed by atoms with van der Waals surface area (Å²) in [5.41, 5.74) is 0.597. The van der Waals surface area contributed by atoms with E-state index in [4.69, 9.17) is 9.47 Å². The second kappa shape index (κ2) is 6.78. The van der Waals surface area contributed by atoms with Crippen molar-refractivity contribution in [3.05, 3.63) is 22.2 Å². The van der Waals surface area contributed by atoms with E-state index in [0.717, 1.165) is 12.8 Å². The molecule has 4 heteroatoms. The molecule has 0 aliphatic carbocycles. The topological polar surface area (TPSA) is 35.5 Å². The summed E-state index contributed by atoms with van der Waals surface area (Å²) in [6.07, 6.45) is 1.86. The van der Waals surface area contributed by atoms with E-state index in [1.54, 1.807) is 26.4 Å². The molecule has 0 aliphatic rings. The number of benzene rings is 1. The van der Waals surface area contributed by atoms with Gasteiger partial charge < -0.3 is 9.47 Å². The molecule has 1 atom stereocenters. The molecule has 18 heavy (non-hydrogen) atoms. The van der Waals surface area contributed by atoms with Gasteiger partial charge in [-0.25, -0.2) is 0 Å². The number of methoxy groups -OCH3 is 2. The first-order chi connectivity index (χ1) is 8.54. The first-order valence-electron chi connectivity index (χ1n) is 6.00. The van der Waals surface area contributed by atoms with Crippen LogP contribution in [0.5, 0.6) is 11.5 Å². The highest BCUT2D eigenvalue weighted by Gasteiger charge is 2.22. The molecule has 0 radical (unpaired) electrons. The highest BCUT2D eigenvalue weighted by Crippen LogP contribution is 2.34. The van der Waals surface area contributed by atoms with E-state index < -0.39 is 0 Å². The Bertz CT molecular complexity index is 429. The normalized spacial score (nSPS) is 12.1. The Morgan fingerprint density at radius 2 is 2.00 bits per heavy atom. The van der Waals surface area contributed by atoms with E-state index in [-0.39, 0.29) is 11.7 Å². The lowest BCUT2D eigenvalue weighted by Crippen LogP contribution is -2.13. The summed E-state index contributed by atoms with van der Waals surface area (Å²) in [4.78, 5) is 12.4. The smallest absolute Gasteiger partial charge is 0.170 e. The molecule has 3 nitrogen and oxygen atoms in total. The molecule has 0 amide bonds. The van der Waals surface area contributed by atoms with Crippen LogP contribution in [0.3, 0.4) is 0 Å². The fourth-order valence-electron chi connectivity index (χ4n) is 1.89. The predicted molar refractivity (Wildman–Crippen MR) is 75.6 cm³/mol. The predicted octanol–water partition coefficient (Wildman–Crippen LogP) is 4.09. The molecule has 1 unspecified atom stereocenters. The molecule has 0 bridgehead atoms. The highest BCUT2D eigenvalue weighted by atomic mass is 79.9. The van der Waals surface area contributed by atoms with Gasteiger partial charge >= 0.3 is 0 Å². The minimum atomic E-state index is -0.00593. The minimum absolute atomic E-state index is 0.00593. The number of ether oxygens (including phenoxy) is 2. The van der Waals surface area contributed by atoms with Gasteiger partial charge in [-0.15, -0.1) is 0 Å². The number of rotatable bonds is 6. The summed E-state index contributed by atoms with van der Waals surface area (Å²) < 4.78 is 11.2. The van der Waals surface area contributed by atoms with E-state index in [9.17, 15) is 4.79 Å². The second-order valence-corrected chi connectivity index (χ2v) is 5.09. The van der Waals surface area contributed by atoms with E-state index >= 15 is 0 Å². The van der Waals surface area contributed by atoms with E-state index in [1.807, 2.05) is 6.92 Å². The van der Waals surface area contributed by atoms with E-state index in [2.05, 4.69) is 22.9 Å². The van der Waals surface area contributed by atoms with Crippen molar-refractivity contribution >= 4 is 21.7 Å². The van der Waals surface area contributed by atoms with Gasteiger partial charge in [-0.3, -0.25) is 4.79 Å². The maximum absolute atomic E-state index is 12.4. The van der Waals surface area contributed by atoms with Crippen molar-refractivity contribution in [2.45, 2.75) is 26.7 Å². The van der Waals surface area contributed by atoms with Crippen LogP contribution in [0.15, 0.2) is 16.6 Å². The standard InChI is InChI=1S/C14H19BrO3/c1-5-6-9(2)14(16)13-11(15)7-10(17-3)8-12(13)18-4/h7-9H,5-6H2,1-4H3. The number of ketones is 1. The summed E-state index contributed by atoms with van der Waals surface area (Å²) >= 11 is 3.42. The van der Waals surface area contributed by atoms with Crippen molar-refractivity contribution in [1.29, 1.82) is 0 Å². The summed E-state index contributed by atoms with van der Waals surface area (Å²) in [7, 11) is 3.14. The molecular weight excluding hydrogens is 296 g/mol. The number of carbonyl (C=O) groups excluding carboxylic acids is 1. The molecule has 0 heterocycles. The quantitative estimate of drug-likeness (QED) is 0.742. The second-order valence-electron chi connectivity index (χ2n) is 4.24. The van der Waals surface area contributed by atoms with Crippen molar-refractivity contribution < 1.29 is 14.3 Å². The SMILES string of the molecule is CCCC(C)C(=O)c1c(Br)cc(OC)cc1OC. The van der Waals surface area contributed by atoms with Gasteiger partial charge in [-0.1, -0.05) is 20.3 Å². The molecule has 0 aliphatic heterocycles. The van der Waals surface area contributed by atoms with Crippen LogP contribution < -0.4 is 9.47 Å². The minimum Gasteiger partial charge on any atom is -0.497 e. The Morgan fingerprint density at radius 3 is 2.50 bits per heavy atom. The molecule has 0 N–H and O–H groups in total. The van der Waals surface area contributed by atoms with Crippen LogP contribution >= 0.6 is 15.9 Å². The van der Waals surface area contributed by atoms with Crippen LogP contribution in [0, 0.1) is 5.92 Å². The number of hydrogen-bond acceptors (Lipinski definition) is 3. The molecule has 0 fully saturated rings. The first kappa shape index (κ1) is 15.0. The molecule has 1 aromatic carbocycles. The van der Waals surface area contributed by atoms with Crippen LogP contribution in [0.1, 0.15) is 37.0 Å². The number of carbonyl (C=O) groups is 1. The van der Waals surface area contributed by atoms with E-state index in [1.165, 1.54) is 0 Å². The fraction of sp³-hybridized carbons (Fsp3) is 0.500. The Balaban J connectivity index is 3.18. The van der Waals surface area contributed by atoms with Crippen molar-refractivity contribution in [3.8, 4) is 11.5 Å². The molecule has 1 aromatic rings. The van der Waals surface area contributed by atoms with Gasteiger partial charge in [0.1, 0.15) is 11.5 Å². The summed E-state index contributed by atoms with van der Waals surface area (Å²) in [5, 5.41) is 0. The fourth-order valence-corrected chi connectivity index (χ4v) is 2.50. The monoisotopic (exact) mass is 314 g/mol. The first-order valence-corrected chi connectivity index (χ1v) is 6.80. The maximum Gasteiger partial charge on any atom is 0.170 e. The molecule has 100 valence electrons. The zero-order chi connectivity index (χ0) is 13.7. The lowest BCUT2D eigenvalue weighted by Gasteiger charge is -2.15. The van der Waals surface area contributed by atoms with Crippen LogP contribution in [-0.4, -0.2) is 20.0 Å². The molecule has 0 aromatic heterocycles. The number of halogens is 1. The highest BCUT2D eigenvalue weighted by molar-refractivity contribution is 9.10. The van der Waals surface area contributed by atoms with Gasteiger partial charge in [-0.05, 0) is 28.4 Å². The Hall–Kier alpha value is -1.03. The Morgan fingerprint density at radius 1 is 1.33 bits per heavy atom. The zero-order valence-electron chi connectivity index (χ0n) is 11.2. The van der Waals surface area contributed by atoms with Crippen LogP contribution in [0.2, 0.25) is 0 Å². The van der Waals surface area contributed by atoms with Gasteiger partial charge in [0.25, 0.3) is 0 Å². The van der Waals surface area contributed by atoms with Crippen LogP contribution in [-0.2, 0) is 0 Å². The summed E-state index contributed by atoms with van der Waals surface area (Å²) in [5.74, 6) is 1.31. The molecule has 1 rings (SSSR count). The maximum atomic E-state index is 12.4. The summed E-state index contributed by atoms with van der Waals surface area (Å²) in [6.45, 7) is 4.02. The number of hydrogen-bond donors (Lipinski definition) is 0. The van der Waals surface area contributed by atoms with Crippen LogP contribution in [0.25, 0.3) is 0 Å². The average Bonchev–Trinajstić information content (AvgIpc) is 2.37. The van der Waals surface area contributed by atoms with Crippen molar-refractivity contribution in [2.24, 2.45) is 5.92 Å². The van der Waals surface area contributed by atoms with Gasteiger partial charge in [0, 0.05) is 16.5 Å². The van der Waals surface area contributed by atoms with Gasteiger partial charge in [0.05, 0.1) is 19.8 Å². The van der Waals surface area contributed by atoms with Crippen molar-refractivity contribution in [1.82, 2.24) is 0 Å². The largest absolute Gasteiger partial charge is 0.497 e. The third-order valence-electron chi connectivity index (χ3n) is 2.90. The third-order valence-corrected chi connectivity index (χ3v) is 3.52. The van der Waals surface area contributed by atoms with Gasteiger partial charge in [0.15, 0.2) is 5.78 Å². The lowest BCUT2D eigenvalue weighted by molar-refractivity contribution is 0.0919. The number of Topliss-reactive ketones (excluding diaryl/α,β-unsaturated/α-hetero) is 1.